The maximum absolute atomic E-state index is 10.5. The standard InChI is InChI=1S/C12H24O2/c1-5-11(3,4)12(14)7-6-9(2)8-10(12)13/h9-10,13-14H,5-8H2,1-4H3/t9?,10-,12?/m0/s1. The Balaban J connectivity index is 2.83. The maximum Gasteiger partial charge on any atom is 0.0955 e. The lowest BCUT2D eigenvalue weighted by Gasteiger charge is -2.49. The van der Waals surface area contributed by atoms with E-state index < -0.39 is 11.7 Å². The topological polar surface area (TPSA) is 40.5 Å². The second-order valence-electron chi connectivity index (χ2n) is 5.56. The molecular weight excluding hydrogens is 176 g/mol. The van der Waals surface area contributed by atoms with Gasteiger partial charge >= 0.3 is 0 Å². The first-order chi connectivity index (χ1) is 6.33. The summed E-state index contributed by atoms with van der Waals surface area (Å²) in [6, 6.07) is 0. The van der Waals surface area contributed by atoms with Gasteiger partial charge in [-0.3, -0.25) is 0 Å². The number of hydrogen-bond donors (Lipinski definition) is 2. The Hall–Kier alpha value is -0.0800. The Kier molecular flexibility index (Phi) is 3.27. The molecule has 0 aliphatic heterocycles. The largest absolute Gasteiger partial charge is 0.390 e. The van der Waals surface area contributed by atoms with Gasteiger partial charge in [0.15, 0.2) is 0 Å². The van der Waals surface area contributed by atoms with Crippen LogP contribution in [0.4, 0.5) is 0 Å². The van der Waals surface area contributed by atoms with E-state index >= 15 is 0 Å². The molecular formula is C12H24O2. The Bertz CT molecular complexity index is 200. The van der Waals surface area contributed by atoms with Crippen LogP contribution in [0.1, 0.15) is 53.4 Å². The van der Waals surface area contributed by atoms with Crippen LogP contribution in [0.3, 0.4) is 0 Å². The Labute approximate surface area is 87.3 Å². The van der Waals surface area contributed by atoms with Gasteiger partial charge in [0.1, 0.15) is 0 Å². The molecule has 0 saturated heterocycles. The van der Waals surface area contributed by atoms with Crippen LogP contribution >= 0.6 is 0 Å². The lowest BCUT2D eigenvalue weighted by atomic mass is 9.63. The van der Waals surface area contributed by atoms with Gasteiger partial charge in [0.05, 0.1) is 11.7 Å². The molecule has 1 saturated carbocycles. The minimum Gasteiger partial charge on any atom is -0.390 e. The van der Waals surface area contributed by atoms with Gasteiger partial charge in [0.25, 0.3) is 0 Å². The maximum atomic E-state index is 10.5. The van der Waals surface area contributed by atoms with Crippen molar-refractivity contribution in [1.29, 1.82) is 0 Å². The first kappa shape index (κ1) is 12.0. The number of aliphatic hydroxyl groups is 2. The number of hydrogen-bond acceptors (Lipinski definition) is 2. The highest BCUT2D eigenvalue weighted by Crippen LogP contribution is 2.45. The molecule has 3 atom stereocenters. The Morgan fingerprint density at radius 3 is 2.43 bits per heavy atom. The van der Waals surface area contributed by atoms with Crippen molar-refractivity contribution in [3.63, 3.8) is 0 Å². The molecule has 2 heteroatoms. The van der Waals surface area contributed by atoms with Crippen LogP contribution in [0.5, 0.6) is 0 Å². The van der Waals surface area contributed by atoms with E-state index in [0.29, 0.717) is 5.92 Å². The van der Waals surface area contributed by atoms with E-state index in [1.165, 1.54) is 0 Å². The molecule has 14 heavy (non-hydrogen) atoms. The molecule has 0 amide bonds. The van der Waals surface area contributed by atoms with Crippen molar-refractivity contribution < 1.29 is 10.2 Å². The SMILES string of the molecule is CCC(C)(C)C1(O)CCC(C)C[C@@H]1O. The smallest absolute Gasteiger partial charge is 0.0955 e. The predicted molar refractivity (Wildman–Crippen MR) is 58.0 cm³/mol. The van der Waals surface area contributed by atoms with Crippen LogP contribution in [-0.4, -0.2) is 21.9 Å². The summed E-state index contributed by atoms with van der Waals surface area (Å²) in [5.41, 5.74) is -1.07. The first-order valence-corrected chi connectivity index (χ1v) is 5.74. The molecule has 1 rings (SSSR count). The van der Waals surface area contributed by atoms with Crippen LogP contribution in [0, 0.1) is 11.3 Å². The van der Waals surface area contributed by atoms with Gasteiger partial charge in [0, 0.05) is 0 Å². The number of aliphatic hydroxyl groups excluding tert-OH is 1. The summed E-state index contributed by atoms with van der Waals surface area (Å²) in [7, 11) is 0. The first-order valence-electron chi connectivity index (χ1n) is 5.74. The molecule has 0 aromatic heterocycles. The molecule has 0 aromatic rings. The van der Waals surface area contributed by atoms with Crippen LogP contribution in [-0.2, 0) is 0 Å². The summed E-state index contributed by atoms with van der Waals surface area (Å²) < 4.78 is 0. The highest BCUT2D eigenvalue weighted by molar-refractivity contribution is 5.01. The summed E-state index contributed by atoms with van der Waals surface area (Å²) in [6.45, 7) is 8.31. The lowest BCUT2D eigenvalue weighted by molar-refractivity contribution is -0.175. The van der Waals surface area contributed by atoms with Crippen molar-refractivity contribution in [2.24, 2.45) is 11.3 Å². The van der Waals surface area contributed by atoms with E-state index in [1.807, 2.05) is 13.8 Å². The van der Waals surface area contributed by atoms with Gasteiger partial charge in [0.2, 0.25) is 0 Å². The van der Waals surface area contributed by atoms with Crippen LogP contribution < -0.4 is 0 Å². The van der Waals surface area contributed by atoms with Crippen molar-refractivity contribution in [3.8, 4) is 0 Å². The van der Waals surface area contributed by atoms with E-state index in [-0.39, 0.29) is 5.41 Å². The minimum atomic E-state index is -0.881. The highest BCUT2D eigenvalue weighted by Gasteiger charge is 2.49. The summed E-state index contributed by atoms with van der Waals surface area (Å²) in [4.78, 5) is 0. The highest BCUT2D eigenvalue weighted by atomic mass is 16.3. The summed E-state index contributed by atoms with van der Waals surface area (Å²) in [6.07, 6.45) is 2.84. The zero-order valence-electron chi connectivity index (χ0n) is 9.88. The van der Waals surface area contributed by atoms with E-state index in [0.717, 1.165) is 25.7 Å². The summed E-state index contributed by atoms with van der Waals surface area (Å²) in [5.74, 6) is 0.540. The predicted octanol–water partition coefficient (Wildman–Crippen LogP) is 2.33. The second-order valence-corrected chi connectivity index (χ2v) is 5.56. The van der Waals surface area contributed by atoms with Crippen LogP contribution in [0.15, 0.2) is 0 Å². The molecule has 2 N–H and O–H groups in total. The third-order valence-corrected chi connectivity index (χ3v) is 4.25. The average molecular weight is 200 g/mol. The molecule has 0 spiro atoms. The van der Waals surface area contributed by atoms with E-state index in [2.05, 4.69) is 13.8 Å². The van der Waals surface area contributed by atoms with Gasteiger partial charge < -0.3 is 10.2 Å². The Morgan fingerprint density at radius 2 is 2.00 bits per heavy atom. The van der Waals surface area contributed by atoms with E-state index in [1.54, 1.807) is 0 Å². The zero-order valence-corrected chi connectivity index (χ0v) is 9.88. The van der Waals surface area contributed by atoms with Gasteiger partial charge in [-0.1, -0.05) is 27.7 Å². The van der Waals surface area contributed by atoms with Gasteiger partial charge in [-0.05, 0) is 37.0 Å². The third-order valence-electron chi connectivity index (χ3n) is 4.25. The fourth-order valence-corrected chi connectivity index (χ4v) is 2.42. The Morgan fingerprint density at radius 1 is 1.43 bits per heavy atom. The molecule has 0 aromatic carbocycles. The molecule has 0 radical (unpaired) electrons. The molecule has 1 aliphatic carbocycles. The molecule has 2 unspecified atom stereocenters. The van der Waals surface area contributed by atoms with Crippen LogP contribution in [0.2, 0.25) is 0 Å². The van der Waals surface area contributed by atoms with E-state index in [9.17, 15) is 10.2 Å². The van der Waals surface area contributed by atoms with Crippen molar-refractivity contribution in [2.75, 3.05) is 0 Å². The molecule has 0 heterocycles. The van der Waals surface area contributed by atoms with Gasteiger partial charge in [-0.25, -0.2) is 0 Å². The van der Waals surface area contributed by atoms with E-state index in [4.69, 9.17) is 0 Å². The quantitative estimate of drug-likeness (QED) is 0.718. The van der Waals surface area contributed by atoms with Crippen LogP contribution in [0.25, 0.3) is 0 Å². The molecule has 0 bridgehead atoms. The second kappa shape index (κ2) is 3.82. The fraction of sp³-hybridized carbons (Fsp3) is 1.00. The van der Waals surface area contributed by atoms with Gasteiger partial charge in [-0.2, -0.15) is 0 Å². The fourth-order valence-electron chi connectivity index (χ4n) is 2.42. The minimum absolute atomic E-state index is 0.188. The van der Waals surface area contributed by atoms with Gasteiger partial charge in [-0.15, -0.1) is 0 Å². The molecule has 2 nitrogen and oxygen atoms in total. The zero-order chi connectivity index (χ0) is 11.0. The van der Waals surface area contributed by atoms with Crippen molar-refractivity contribution in [1.82, 2.24) is 0 Å². The monoisotopic (exact) mass is 200 g/mol. The normalized spacial score (nSPS) is 39.9. The van der Waals surface area contributed by atoms with Crippen molar-refractivity contribution in [3.05, 3.63) is 0 Å². The molecule has 1 aliphatic rings. The van der Waals surface area contributed by atoms with Crippen molar-refractivity contribution in [2.45, 2.75) is 65.1 Å². The molecule has 1 fully saturated rings. The lowest BCUT2D eigenvalue weighted by Crippen LogP contribution is -2.56. The number of rotatable bonds is 2. The summed E-state index contributed by atoms with van der Waals surface area (Å²) in [5, 5.41) is 20.6. The summed E-state index contributed by atoms with van der Waals surface area (Å²) >= 11 is 0. The van der Waals surface area contributed by atoms with Crippen molar-refractivity contribution >= 4 is 0 Å². The molecule has 84 valence electrons. The third kappa shape index (κ3) is 1.82. The average Bonchev–Trinajstić information content (AvgIpc) is 2.12.